The summed E-state index contributed by atoms with van der Waals surface area (Å²) in [5.74, 6) is 0. The molecule has 0 atom stereocenters. The molecular formula is C12H16N2O2. The number of hydrogen-bond acceptors (Lipinski definition) is 3. The largest absolute Gasteiger partial charge is 0.450 e. The first-order valence-electron chi connectivity index (χ1n) is 5.43. The first kappa shape index (κ1) is 11.0. The average molecular weight is 220 g/mol. The lowest BCUT2D eigenvalue weighted by atomic mass is 10.1. The van der Waals surface area contributed by atoms with Gasteiger partial charge in [0.1, 0.15) is 0 Å². The minimum absolute atomic E-state index is 0.384. The Morgan fingerprint density at radius 3 is 3.06 bits per heavy atom. The van der Waals surface area contributed by atoms with Crippen molar-refractivity contribution in [3.8, 4) is 0 Å². The minimum Gasteiger partial charge on any atom is -0.450 e. The second-order valence-corrected chi connectivity index (χ2v) is 3.96. The Hall–Kier alpha value is -1.55. The van der Waals surface area contributed by atoms with Crippen molar-refractivity contribution in [1.29, 1.82) is 0 Å². The predicted octanol–water partition coefficient (Wildman–Crippen LogP) is 2.20. The normalized spacial score (nSPS) is 14.6. The Morgan fingerprint density at radius 2 is 2.31 bits per heavy atom. The molecule has 1 amide bonds. The van der Waals surface area contributed by atoms with E-state index in [1.54, 1.807) is 6.92 Å². The van der Waals surface area contributed by atoms with E-state index in [0.717, 1.165) is 18.8 Å². The molecule has 1 aliphatic rings. The van der Waals surface area contributed by atoms with Gasteiger partial charge in [-0.25, -0.2) is 4.79 Å². The molecule has 4 nitrogen and oxygen atoms in total. The maximum absolute atomic E-state index is 11.3. The highest BCUT2D eigenvalue weighted by molar-refractivity contribution is 5.86. The maximum atomic E-state index is 11.3. The Labute approximate surface area is 95.2 Å². The molecule has 0 unspecified atom stereocenters. The highest BCUT2D eigenvalue weighted by atomic mass is 16.5. The molecule has 0 saturated carbocycles. The van der Waals surface area contributed by atoms with Crippen LogP contribution >= 0.6 is 0 Å². The van der Waals surface area contributed by atoms with Gasteiger partial charge in [-0.3, -0.25) is 10.2 Å². The zero-order valence-corrected chi connectivity index (χ0v) is 9.62. The van der Waals surface area contributed by atoms with E-state index in [4.69, 9.17) is 4.74 Å². The summed E-state index contributed by atoms with van der Waals surface area (Å²) in [6, 6.07) is 5.96. The summed E-state index contributed by atoms with van der Waals surface area (Å²) in [4.78, 5) is 13.6. The fourth-order valence-electron chi connectivity index (χ4n) is 1.98. The summed E-state index contributed by atoms with van der Waals surface area (Å²) in [5, 5.41) is 2.78. The number of nitrogens with zero attached hydrogens (tertiary/aromatic N) is 1. The Balaban J connectivity index is 2.17. The van der Waals surface area contributed by atoms with Crippen LogP contribution < -0.4 is 5.32 Å². The van der Waals surface area contributed by atoms with Gasteiger partial charge in [-0.2, -0.15) is 0 Å². The molecule has 0 aromatic heterocycles. The molecule has 1 N–H and O–H groups in total. The number of carbonyl (C=O) groups is 1. The Bertz CT molecular complexity index is 404. The standard InChI is InChI=1S/C12H16N2O2/c1-3-16-12(15)13-11-6-4-5-9-7-14(2)8-10(9)11/h4-6H,3,7-8H2,1-2H3,(H,13,15). The van der Waals surface area contributed by atoms with Crippen molar-refractivity contribution in [2.24, 2.45) is 0 Å². The van der Waals surface area contributed by atoms with Crippen LogP contribution in [0.25, 0.3) is 0 Å². The smallest absolute Gasteiger partial charge is 0.411 e. The lowest BCUT2D eigenvalue weighted by Crippen LogP contribution is -2.15. The van der Waals surface area contributed by atoms with E-state index in [1.807, 2.05) is 12.1 Å². The van der Waals surface area contributed by atoms with Crippen LogP contribution in [0.15, 0.2) is 18.2 Å². The molecule has 1 aromatic rings. The number of amides is 1. The number of carbonyl (C=O) groups excluding carboxylic acids is 1. The number of rotatable bonds is 2. The van der Waals surface area contributed by atoms with Crippen LogP contribution in [0.4, 0.5) is 10.5 Å². The fraction of sp³-hybridized carbons (Fsp3) is 0.417. The van der Waals surface area contributed by atoms with Crippen LogP contribution in [0.3, 0.4) is 0 Å². The molecule has 4 heteroatoms. The van der Waals surface area contributed by atoms with Crippen molar-refractivity contribution in [2.75, 3.05) is 19.0 Å². The highest BCUT2D eigenvalue weighted by Gasteiger charge is 2.19. The summed E-state index contributed by atoms with van der Waals surface area (Å²) in [6.07, 6.45) is -0.384. The van der Waals surface area contributed by atoms with E-state index >= 15 is 0 Å². The molecule has 0 aliphatic carbocycles. The Morgan fingerprint density at radius 1 is 1.50 bits per heavy atom. The molecule has 86 valence electrons. The molecule has 1 aliphatic heterocycles. The molecule has 1 aromatic carbocycles. The monoisotopic (exact) mass is 220 g/mol. The molecule has 1 heterocycles. The third-order valence-corrected chi connectivity index (χ3v) is 2.65. The van der Waals surface area contributed by atoms with Crippen LogP contribution in [-0.2, 0) is 17.8 Å². The molecule has 2 rings (SSSR count). The van der Waals surface area contributed by atoms with Crippen molar-refractivity contribution >= 4 is 11.8 Å². The van der Waals surface area contributed by atoms with Gasteiger partial charge in [-0.05, 0) is 31.2 Å². The SMILES string of the molecule is CCOC(=O)Nc1cccc2c1CN(C)C2. The molecule has 0 bridgehead atoms. The van der Waals surface area contributed by atoms with Gasteiger partial charge in [0, 0.05) is 18.8 Å². The maximum Gasteiger partial charge on any atom is 0.411 e. The van der Waals surface area contributed by atoms with Crippen LogP contribution in [0.5, 0.6) is 0 Å². The number of hydrogen-bond donors (Lipinski definition) is 1. The zero-order chi connectivity index (χ0) is 11.5. The molecule has 0 fully saturated rings. The predicted molar refractivity (Wildman–Crippen MR) is 62.3 cm³/mol. The Kier molecular flexibility index (Phi) is 3.10. The quantitative estimate of drug-likeness (QED) is 0.830. The third-order valence-electron chi connectivity index (χ3n) is 2.65. The molecular weight excluding hydrogens is 204 g/mol. The van der Waals surface area contributed by atoms with Crippen molar-refractivity contribution in [3.63, 3.8) is 0 Å². The number of anilines is 1. The van der Waals surface area contributed by atoms with E-state index in [1.165, 1.54) is 11.1 Å². The van der Waals surface area contributed by atoms with Gasteiger partial charge >= 0.3 is 6.09 Å². The van der Waals surface area contributed by atoms with Gasteiger partial charge in [0.15, 0.2) is 0 Å². The zero-order valence-electron chi connectivity index (χ0n) is 9.62. The lowest BCUT2D eigenvalue weighted by molar-refractivity contribution is 0.168. The van der Waals surface area contributed by atoms with Gasteiger partial charge in [-0.1, -0.05) is 12.1 Å². The van der Waals surface area contributed by atoms with Gasteiger partial charge in [0.05, 0.1) is 6.61 Å². The first-order valence-corrected chi connectivity index (χ1v) is 5.43. The van der Waals surface area contributed by atoms with Gasteiger partial charge in [-0.15, -0.1) is 0 Å². The van der Waals surface area contributed by atoms with Crippen LogP contribution in [-0.4, -0.2) is 24.6 Å². The number of ether oxygens (including phenoxy) is 1. The van der Waals surface area contributed by atoms with Crippen LogP contribution in [0, 0.1) is 0 Å². The summed E-state index contributed by atoms with van der Waals surface area (Å²) in [5.41, 5.74) is 3.33. The van der Waals surface area contributed by atoms with E-state index < -0.39 is 0 Å². The second-order valence-electron chi connectivity index (χ2n) is 3.96. The highest BCUT2D eigenvalue weighted by Crippen LogP contribution is 2.28. The topological polar surface area (TPSA) is 41.6 Å². The van der Waals surface area contributed by atoms with E-state index in [0.29, 0.717) is 6.61 Å². The van der Waals surface area contributed by atoms with E-state index in [-0.39, 0.29) is 6.09 Å². The molecule has 0 saturated heterocycles. The van der Waals surface area contributed by atoms with Crippen molar-refractivity contribution in [1.82, 2.24) is 4.90 Å². The fourth-order valence-corrected chi connectivity index (χ4v) is 1.98. The van der Waals surface area contributed by atoms with Crippen LogP contribution in [0.2, 0.25) is 0 Å². The third kappa shape index (κ3) is 2.17. The molecule has 16 heavy (non-hydrogen) atoms. The molecule has 0 spiro atoms. The summed E-state index contributed by atoms with van der Waals surface area (Å²) >= 11 is 0. The lowest BCUT2D eigenvalue weighted by Gasteiger charge is -2.09. The van der Waals surface area contributed by atoms with Gasteiger partial charge in [0.25, 0.3) is 0 Å². The summed E-state index contributed by atoms with van der Waals surface area (Å²) in [7, 11) is 2.06. The van der Waals surface area contributed by atoms with Crippen LogP contribution in [0.1, 0.15) is 18.1 Å². The van der Waals surface area contributed by atoms with Crippen molar-refractivity contribution in [3.05, 3.63) is 29.3 Å². The number of benzene rings is 1. The van der Waals surface area contributed by atoms with E-state index in [2.05, 4.69) is 23.3 Å². The van der Waals surface area contributed by atoms with Crippen molar-refractivity contribution in [2.45, 2.75) is 20.0 Å². The summed E-state index contributed by atoms with van der Waals surface area (Å²) < 4.78 is 4.87. The average Bonchev–Trinajstić information content (AvgIpc) is 2.60. The van der Waals surface area contributed by atoms with Gasteiger partial charge in [0.2, 0.25) is 0 Å². The summed E-state index contributed by atoms with van der Waals surface area (Å²) in [6.45, 7) is 4.00. The van der Waals surface area contributed by atoms with E-state index in [9.17, 15) is 4.79 Å². The number of nitrogens with one attached hydrogen (secondary N) is 1. The molecule has 0 radical (unpaired) electrons. The second kappa shape index (κ2) is 4.53. The first-order chi connectivity index (χ1) is 7.70. The van der Waals surface area contributed by atoms with Crippen molar-refractivity contribution < 1.29 is 9.53 Å². The minimum atomic E-state index is -0.384. The number of fused-ring (bicyclic) bond motifs is 1. The van der Waals surface area contributed by atoms with Gasteiger partial charge < -0.3 is 4.74 Å².